The highest BCUT2D eigenvalue weighted by Gasteiger charge is 2.35. The normalized spacial score (nSPS) is 16.7. The molecule has 10 heteroatoms. The first-order chi connectivity index (χ1) is 11.2. The van der Waals surface area contributed by atoms with Crippen LogP contribution in [0.25, 0.3) is 0 Å². The fourth-order valence-corrected chi connectivity index (χ4v) is 2.38. The lowest BCUT2D eigenvalue weighted by molar-refractivity contribution is -0.137. The third kappa shape index (κ3) is 3.07. The molecular formula is C14H12F3N5O2. The molecule has 1 atom stereocenters. The molecule has 2 aromatic rings. The van der Waals surface area contributed by atoms with E-state index < -0.39 is 29.6 Å². The van der Waals surface area contributed by atoms with Crippen LogP contribution < -0.4 is 10.6 Å². The van der Waals surface area contributed by atoms with Crippen molar-refractivity contribution in [2.75, 3.05) is 10.6 Å². The van der Waals surface area contributed by atoms with Gasteiger partial charge in [0.1, 0.15) is 11.9 Å². The SMILES string of the molecule is Cc1nc2n(n1)C(CC(=O)Nc1cccc(C(F)(F)F)c1)C(=O)N2. The number of hydrogen-bond donors (Lipinski definition) is 2. The average molecular weight is 339 g/mol. The molecule has 2 heterocycles. The highest BCUT2D eigenvalue weighted by molar-refractivity contribution is 6.00. The molecule has 0 bridgehead atoms. The van der Waals surface area contributed by atoms with Crippen molar-refractivity contribution in [1.82, 2.24) is 14.8 Å². The van der Waals surface area contributed by atoms with Crippen molar-refractivity contribution in [3.63, 3.8) is 0 Å². The fourth-order valence-electron chi connectivity index (χ4n) is 2.38. The first-order valence-electron chi connectivity index (χ1n) is 6.95. The summed E-state index contributed by atoms with van der Waals surface area (Å²) in [5, 5.41) is 8.87. The molecule has 1 aromatic carbocycles. The summed E-state index contributed by atoms with van der Waals surface area (Å²) in [4.78, 5) is 27.9. The largest absolute Gasteiger partial charge is 0.416 e. The van der Waals surface area contributed by atoms with Gasteiger partial charge in [-0.1, -0.05) is 6.07 Å². The maximum absolute atomic E-state index is 12.7. The number of anilines is 2. The lowest BCUT2D eigenvalue weighted by atomic mass is 10.1. The molecule has 126 valence electrons. The van der Waals surface area contributed by atoms with Crippen LogP contribution in [0, 0.1) is 6.92 Å². The van der Waals surface area contributed by atoms with Crippen LogP contribution in [0.4, 0.5) is 24.8 Å². The van der Waals surface area contributed by atoms with Crippen molar-refractivity contribution in [2.24, 2.45) is 0 Å². The van der Waals surface area contributed by atoms with Gasteiger partial charge >= 0.3 is 6.18 Å². The minimum atomic E-state index is -4.50. The number of halogens is 3. The standard InChI is InChI=1S/C14H12F3N5O2/c1-7-18-13-20-12(24)10(22(13)21-7)6-11(23)19-9-4-2-3-8(5-9)14(15,16)17/h2-5,10H,6H2,1H3,(H,19,23)(H,18,20,21,24). The molecule has 0 saturated carbocycles. The van der Waals surface area contributed by atoms with Gasteiger partial charge in [0.15, 0.2) is 0 Å². The van der Waals surface area contributed by atoms with Gasteiger partial charge in [-0.05, 0) is 25.1 Å². The Labute approximate surface area is 133 Å². The van der Waals surface area contributed by atoms with E-state index in [2.05, 4.69) is 20.7 Å². The highest BCUT2D eigenvalue weighted by Crippen LogP contribution is 2.31. The van der Waals surface area contributed by atoms with E-state index in [1.807, 2.05) is 0 Å². The van der Waals surface area contributed by atoms with Crippen LogP contribution in [-0.2, 0) is 15.8 Å². The Balaban J connectivity index is 1.71. The number of nitrogens with zero attached hydrogens (tertiary/aromatic N) is 3. The number of carbonyl (C=O) groups excluding carboxylic acids is 2. The second-order valence-electron chi connectivity index (χ2n) is 5.26. The van der Waals surface area contributed by atoms with E-state index in [9.17, 15) is 22.8 Å². The lowest BCUT2D eigenvalue weighted by Crippen LogP contribution is -2.24. The van der Waals surface area contributed by atoms with Gasteiger partial charge in [-0.25, -0.2) is 4.68 Å². The van der Waals surface area contributed by atoms with E-state index in [0.717, 1.165) is 12.1 Å². The summed E-state index contributed by atoms with van der Waals surface area (Å²) in [6.07, 6.45) is -4.77. The van der Waals surface area contributed by atoms with Crippen LogP contribution in [0.15, 0.2) is 24.3 Å². The summed E-state index contributed by atoms with van der Waals surface area (Å²) in [6, 6.07) is 3.39. The van der Waals surface area contributed by atoms with Crippen LogP contribution >= 0.6 is 0 Å². The number of amides is 2. The molecule has 2 N–H and O–H groups in total. The number of nitrogens with one attached hydrogen (secondary N) is 2. The van der Waals surface area contributed by atoms with Gasteiger partial charge in [0.25, 0.3) is 5.91 Å². The molecule has 3 rings (SSSR count). The van der Waals surface area contributed by atoms with E-state index in [1.54, 1.807) is 6.92 Å². The summed E-state index contributed by atoms with van der Waals surface area (Å²) in [7, 11) is 0. The minimum Gasteiger partial charge on any atom is -0.326 e. The summed E-state index contributed by atoms with van der Waals surface area (Å²) in [5.74, 6) is -0.359. The Morgan fingerprint density at radius 2 is 2.17 bits per heavy atom. The summed E-state index contributed by atoms with van der Waals surface area (Å²) >= 11 is 0. The van der Waals surface area contributed by atoms with E-state index in [-0.39, 0.29) is 18.1 Å². The summed E-state index contributed by atoms with van der Waals surface area (Å²) in [5.41, 5.74) is -0.865. The fraction of sp³-hybridized carbons (Fsp3) is 0.286. The zero-order valence-electron chi connectivity index (χ0n) is 12.4. The topological polar surface area (TPSA) is 88.9 Å². The monoisotopic (exact) mass is 339 g/mol. The quantitative estimate of drug-likeness (QED) is 0.896. The van der Waals surface area contributed by atoms with Gasteiger partial charge in [-0.2, -0.15) is 23.3 Å². The first kappa shape index (κ1) is 16.0. The molecule has 1 aliphatic rings. The Hall–Kier alpha value is -2.91. The van der Waals surface area contributed by atoms with Crippen LogP contribution in [-0.4, -0.2) is 26.6 Å². The van der Waals surface area contributed by atoms with Gasteiger partial charge in [-0.15, -0.1) is 0 Å². The van der Waals surface area contributed by atoms with E-state index in [0.29, 0.717) is 5.82 Å². The summed E-state index contributed by atoms with van der Waals surface area (Å²) < 4.78 is 39.3. The van der Waals surface area contributed by atoms with E-state index >= 15 is 0 Å². The molecule has 2 amide bonds. The number of fused-ring (bicyclic) bond motifs is 1. The number of aryl methyl sites for hydroxylation is 1. The molecular weight excluding hydrogens is 327 g/mol. The number of benzene rings is 1. The average Bonchev–Trinajstić information content (AvgIpc) is 2.96. The molecule has 1 unspecified atom stereocenters. The van der Waals surface area contributed by atoms with Gasteiger partial charge in [0.2, 0.25) is 11.9 Å². The molecule has 1 aromatic heterocycles. The van der Waals surface area contributed by atoms with Crippen LogP contribution in [0.2, 0.25) is 0 Å². The number of rotatable bonds is 3. The predicted octanol–water partition coefficient (Wildman–Crippen LogP) is 2.13. The number of alkyl halides is 3. The Morgan fingerprint density at radius 1 is 1.42 bits per heavy atom. The molecule has 1 aliphatic heterocycles. The third-order valence-electron chi connectivity index (χ3n) is 3.42. The number of carbonyl (C=O) groups is 2. The van der Waals surface area contributed by atoms with Crippen molar-refractivity contribution < 1.29 is 22.8 Å². The van der Waals surface area contributed by atoms with Crippen molar-refractivity contribution in [1.29, 1.82) is 0 Å². The van der Waals surface area contributed by atoms with Gasteiger partial charge in [-0.3, -0.25) is 14.9 Å². The second kappa shape index (κ2) is 5.62. The van der Waals surface area contributed by atoms with E-state index in [1.165, 1.54) is 16.8 Å². The molecule has 0 radical (unpaired) electrons. The number of aromatic nitrogens is 3. The van der Waals surface area contributed by atoms with Gasteiger partial charge in [0, 0.05) is 5.69 Å². The van der Waals surface area contributed by atoms with Crippen LogP contribution in [0.5, 0.6) is 0 Å². The molecule has 0 fully saturated rings. The molecule has 0 saturated heterocycles. The van der Waals surface area contributed by atoms with Crippen molar-refractivity contribution in [3.8, 4) is 0 Å². The smallest absolute Gasteiger partial charge is 0.326 e. The Kier molecular flexibility index (Phi) is 3.74. The molecule has 24 heavy (non-hydrogen) atoms. The Bertz CT molecular complexity index is 815. The maximum atomic E-state index is 12.7. The van der Waals surface area contributed by atoms with Crippen LogP contribution in [0.3, 0.4) is 0 Å². The number of hydrogen-bond acceptors (Lipinski definition) is 4. The zero-order valence-corrected chi connectivity index (χ0v) is 12.4. The molecule has 0 spiro atoms. The van der Waals surface area contributed by atoms with Crippen molar-refractivity contribution in [2.45, 2.75) is 25.6 Å². The first-order valence-corrected chi connectivity index (χ1v) is 6.95. The lowest BCUT2D eigenvalue weighted by Gasteiger charge is -2.11. The third-order valence-corrected chi connectivity index (χ3v) is 3.42. The molecule has 7 nitrogen and oxygen atoms in total. The second-order valence-corrected chi connectivity index (χ2v) is 5.26. The highest BCUT2D eigenvalue weighted by atomic mass is 19.4. The molecule has 0 aliphatic carbocycles. The van der Waals surface area contributed by atoms with Crippen LogP contribution in [0.1, 0.15) is 23.9 Å². The van der Waals surface area contributed by atoms with Gasteiger partial charge < -0.3 is 5.32 Å². The summed E-state index contributed by atoms with van der Waals surface area (Å²) in [6.45, 7) is 1.64. The minimum absolute atomic E-state index is 0.00299. The maximum Gasteiger partial charge on any atom is 0.416 e. The Morgan fingerprint density at radius 3 is 2.88 bits per heavy atom. The van der Waals surface area contributed by atoms with Crippen molar-refractivity contribution >= 4 is 23.5 Å². The van der Waals surface area contributed by atoms with Gasteiger partial charge in [0.05, 0.1) is 12.0 Å². The predicted molar refractivity (Wildman–Crippen MR) is 77.1 cm³/mol. The van der Waals surface area contributed by atoms with E-state index in [4.69, 9.17) is 0 Å². The van der Waals surface area contributed by atoms with Crippen molar-refractivity contribution in [3.05, 3.63) is 35.7 Å². The zero-order chi connectivity index (χ0) is 17.5.